The third kappa shape index (κ3) is 4.51. The fourth-order valence-corrected chi connectivity index (χ4v) is 3.53. The van der Waals surface area contributed by atoms with E-state index in [2.05, 4.69) is 5.32 Å². The molecule has 0 aliphatic carbocycles. The zero-order chi connectivity index (χ0) is 19.2. The summed E-state index contributed by atoms with van der Waals surface area (Å²) in [6.07, 6.45) is 1.24. The van der Waals surface area contributed by atoms with Crippen molar-refractivity contribution in [2.45, 2.75) is 18.9 Å². The third-order valence-electron chi connectivity index (χ3n) is 4.16. The van der Waals surface area contributed by atoms with Gasteiger partial charge in [-0.25, -0.2) is 4.79 Å². The normalized spacial score (nSPS) is 15.8. The first-order valence-electron chi connectivity index (χ1n) is 8.39. The Labute approximate surface area is 160 Å². The lowest BCUT2D eigenvalue weighted by Gasteiger charge is -2.22. The zero-order valence-electron chi connectivity index (χ0n) is 14.4. The lowest BCUT2D eigenvalue weighted by atomic mass is 10.2. The van der Waals surface area contributed by atoms with E-state index >= 15 is 0 Å². The highest BCUT2D eigenvalue weighted by Gasteiger charge is 2.36. The molecule has 1 saturated heterocycles. The summed E-state index contributed by atoms with van der Waals surface area (Å²) < 4.78 is 5.11. The molecule has 0 bridgehead atoms. The number of nitrogens with one attached hydrogen (secondary N) is 1. The number of esters is 1. The second kappa shape index (κ2) is 8.47. The van der Waals surface area contributed by atoms with Crippen LogP contribution in [0.1, 0.15) is 28.1 Å². The average Bonchev–Trinajstić information content (AvgIpc) is 3.38. The van der Waals surface area contributed by atoms with Crippen molar-refractivity contribution in [2.24, 2.45) is 0 Å². The fraction of sp³-hybridized carbons (Fsp3) is 0.263. The van der Waals surface area contributed by atoms with Crippen molar-refractivity contribution in [1.29, 1.82) is 5.26 Å². The highest BCUT2D eigenvalue weighted by molar-refractivity contribution is 7.12. The molecule has 3 rings (SSSR count). The van der Waals surface area contributed by atoms with Crippen molar-refractivity contribution in [3.63, 3.8) is 0 Å². The van der Waals surface area contributed by atoms with Crippen LogP contribution in [0.25, 0.3) is 0 Å². The number of ether oxygens (including phenoxy) is 1. The van der Waals surface area contributed by atoms with E-state index in [9.17, 15) is 14.4 Å². The van der Waals surface area contributed by atoms with Crippen LogP contribution in [0.15, 0.2) is 41.8 Å². The number of nitrogens with zero attached hydrogens (tertiary/aromatic N) is 2. The predicted octanol–water partition coefficient (Wildman–Crippen LogP) is 2.41. The van der Waals surface area contributed by atoms with Gasteiger partial charge in [0.1, 0.15) is 6.04 Å². The summed E-state index contributed by atoms with van der Waals surface area (Å²) in [7, 11) is 0. The van der Waals surface area contributed by atoms with Gasteiger partial charge in [0.2, 0.25) is 0 Å². The molecule has 1 aliphatic heterocycles. The molecule has 7 nitrogen and oxygen atoms in total. The van der Waals surface area contributed by atoms with Gasteiger partial charge < -0.3 is 15.0 Å². The molecule has 27 heavy (non-hydrogen) atoms. The van der Waals surface area contributed by atoms with Gasteiger partial charge in [0.25, 0.3) is 11.8 Å². The van der Waals surface area contributed by atoms with Gasteiger partial charge in [0, 0.05) is 12.2 Å². The highest BCUT2D eigenvalue weighted by atomic mass is 32.1. The van der Waals surface area contributed by atoms with E-state index in [0.717, 1.165) is 0 Å². The smallest absolute Gasteiger partial charge is 0.329 e. The van der Waals surface area contributed by atoms with E-state index in [4.69, 9.17) is 10.00 Å². The molecule has 8 heteroatoms. The lowest BCUT2D eigenvalue weighted by molar-refractivity contribution is -0.151. The van der Waals surface area contributed by atoms with E-state index in [0.29, 0.717) is 35.5 Å². The number of carbonyl (C=O) groups excluding carboxylic acids is 3. The molecule has 2 heterocycles. The number of rotatable bonds is 5. The largest absolute Gasteiger partial charge is 0.454 e. The van der Waals surface area contributed by atoms with Crippen LogP contribution in [0.4, 0.5) is 5.69 Å². The third-order valence-corrected chi connectivity index (χ3v) is 5.02. The van der Waals surface area contributed by atoms with Crippen molar-refractivity contribution >= 4 is 34.8 Å². The predicted molar refractivity (Wildman–Crippen MR) is 99.1 cm³/mol. The SMILES string of the molecule is N#Cc1ccc(NC(=O)COC(=O)C2CCCN2C(=O)c2cccs2)cc1. The number of nitriles is 1. The average molecular weight is 383 g/mol. The molecule has 138 valence electrons. The minimum absolute atomic E-state index is 0.188. The van der Waals surface area contributed by atoms with Gasteiger partial charge in [-0.2, -0.15) is 5.26 Å². The molecule has 1 unspecified atom stereocenters. The molecule has 1 atom stereocenters. The van der Waals surface area contributed by atoms with E-state index < -0.39 is 24.5 Å². The first-order chi connectivity index (χ1) is 13.1. The molecule has 0 spiro atoms. The summed E-state index contributed by atoms with van der Waals surface area (Å²) in [5.41, 5.74) is 0.988. The highest BCUT2D eigenvalue weighted by Crippen LogP contribution is 2.23. The maximum Gasteiger partial charge on any atom is 0.329 e. The maximum atomic E-state index is 12.5. The molecule has 1 N–H and O–H groups in total. The molecule has 1 aromatic heterocycles. The van der Waals surface area contributed by atoms with Gasteiger partial charge in [-0.3, -0.25) is 9.59 Å². The van der Waals surface area contributed by atoms with Crippen LogP contribution in [0, 0.1) is 11.3 Å². The number of benzene rings is 1. The molecule has 2 amide bonds. The number of carbonyl (C=O) groups is 3. The summed E-state index contributed by atoms with van der Waals surface area (Å²) in [6, 6.07) is 11.2. The number of amides is 2. The van der Waals surface area contributed by atoms with Crippen LogP contribution < -0.4 is 5.32 Å². The molecular formula is C19H17N3O4S. The van der Waals surface area contributed by atoms with E-state index in [1.807, 2.05) is 11.4 Å². The van der Waals surface area contributed by atoms with Crippen LogP contribution >= 0.6 is 11.3 Å². The van der Waals surface area contributed by atoms with Crippen molar-refractivity contribution < 1.29 is 19.1 Å². The topological polar surface area (TPSA) is 99.5 Å². The lowest BCUT2D eigenvalue weighted by Crippen LogP contribution is -2.41. The Hall–Kier alpha value is -3.18. The fourth-order valence-electron chi connectivity index (χ4n) is 2.85. The molecule has 0 radical (unpaired) electrons. The number of hydrogen-bond donors (Lipinski definition) is 1. The monoisotopic (exact) mass is 383 g/mol. The number of hydrogen-bond acceptors (Lipinski definition) is 6. The van der Waals surface area contributed by atoms with E-state index in [-0.39, 0.29) is 5.91 Å². The summed E-state index contributed by atoms with van der Waals surface area (Å²) in [6.45, 7) is 0.0598. The molecule has 1 fully saturated rings. The van der Waals surface area contributed by atoms with Gasteiger partial charge in [0.05, 0.1) is 16.5 Å². The summed E-state index contributed by atoms with van der Waals surface area (Å²) in [5.74, 6) is -1.25. The standard InChI is InChI=1S/C19H17N3O4S/c20-11-13-5-7-14(8-6-13)21-17(23)12-26-19(25)15-3-1-9-22(15)18(24)16-4-2-10-27-16/h2,4-8,10,15H,1,3,9,12H2,(H,21,23). The molecule has 2 aromatic rings. The van der Waals surface area contributed by atoms with Crippen LogP contribution in [0.2, 0.25) is 0 Å². The molecular weight excluding hydrogens is 366 g/mol. The minimum Gasteiger partial charge on any atom is -0.454 e. The van der Waals surface area contributed by atoms with Gasteiger partial charge in [-0.15, -0.1) is 11.3 Å². The second-order valence-corrected chi connectivity index (χ2v) is 6.93. The molecule has 1 aromatic carbocycles. The maximum absolute atomic E-state index is 12.5. The Bertz CT molecular complexity index is 871. The second-order valence-electron chi connectivity index (χ2n) is 5.98. The Morgan fingerprint density at radius 3 is 2.70 bits per heavy atom. The van der Waals surface area contributed by atoms with Crippen LogP contribution in [0.3, 0.4) is 0 Å². The Kier molecular flexibility index (Phi) is 5.84. The first-order valence-corrected chi connectivity index (χ1v) is 9.27. The van der Waals surface area contributed by atoms with Gasteiger partial charge >= 0.3 is 5.97 Å². The zero-order valence-corrected chi connectivity index (χ0v) is 15.2. The number of anilines is 1. The Morgan fingerprint density at radius 2 is 2.04 bits per heavy atom. The summed E-state index contributed by atoms with van der Waals surface area (Å²) >= 11 is 1.33. The summed E-state index contributed by atoms with van der Waals surface area (Å²) in [5, 5.41) is 13.2. The van der Waals surface area contributed by atoms with Gasteiger partial charge in [0.15, 0.2) is 6.61 Å². The van der Waals surface area contributed by atoms with Crippen LogP contribution in [-0.2, 0) is 14.3 Å². The number of thiophene rings is 1. The van der Waals surface area contributed by atoms with Crippen molar-refractivity contribution in [3.8, 4) is 6.07 Å². The molecule has 0 saturated carbocycles. The number of likely N-dealkylation sites (tertiary alicyclic amines) is 1. The van der Waals surface area contributed by atoms with Crippen molar-refractivity contribution in [3.05, 3.63) is 52.2 Å². The quantitative estimate of drug-likeness (QED) is 0.799. The summed E-state index contributed by atoms with van der Waals surface area (Å²) in [4.78, 5) is 38.9. The van der Waals surface area contributed by atoms with Gasteiger partial charge in [-0.1, -0.05) is 6.07 Å². The van der Waals surface area contributed by atoms with Crippen molar-refractivity contribution in [1.82, 2.24) is 4.90 Å². The molecule has 1 aliphatic rings. The Morgan fingerprint density at radius 1 is 1.26 bits per heavy atom. The van der Waals surface area contributed by atoms with E-state index in [1.54, 1.807) is 36.4 Å². The van der Waals surface area contributed by atoms with Crippen LogP contribution in [-0.4, -0.2) is 41.9 Å². The van der Waals surface area contributed by atoms with E-state index in [1.165, 1.54) is 16.2 Å². The van der Waals surface area contributed by atoms with Crippen molar-refractivity contribution in [2.75, 3.05) is 18.5 Å². The van der Waals surface area contributed by atoms with Gasteiger partial charge in [-0.05, 0) is 48.6 Å². The van der Waals surface area contributed by atoms with Crippen LogP contribution in [0.5, 0.6) is 0 Å². The minimum atomic E-state index is -0.665. The first kappa shape index (κ1) is 18.6. The Balaban J connectivity index is 1.52.